The lowest BCUT2D eigenvalue weighted by atomic mass is 9.95. The van der Waals surface area contributed by atoms with Crippen molar-refractivity contribution in [2.45, 2.75) is 45.7 Å². The summed E-state index contributed by atoms with van der Waals surface area (Å²) >= 11 is 0. The van der Waals surface area contributed by atoms with Crippen molar-refractivity contribution in [1.29, 1.82) is 0 Å². The molecule has 0 aromatic heterocycles. The number of carbonyl (C=O) groups is 2. The summed E-state index contributed by atoms with van der Waals surface area (Å²) < 4.78 is 0. The fourth-order valence-electron chi connectivity index (χ4n) is 3.70. The van der Waals surface area contributed by atoms with Gasteiger partial charge in [0.1, 0.15) is 0 Å². The SMILES string of the molecule is CC(C)NC(=O)c1cccc2c1CCCN2CC(=O)N[C@@H](C)c1ccccc1. The van der Waals surface area contributed by atoms with E-state index in [4.69, 9.17) is 0 Å². The molecule has 2 aromatic carbocycles. The lowest BCUT2D eigenvalue weighted by Crippen LogP contribution is -2.41. The van der Waals surface area contributed by atoms with Crippen LogP contribution in [0.2, 0.25) is 0 Å². The third-order valence-corrected chi connectivity index (χ3v) is 5.02. The van der Waals surface area contributed by atoms with Crippen molar-refractivity contribution in [3.63, 3.8) is 0 Å². The molecule has 148 valence electrons. The number of rotatable bonds is 6. The molecule has 2 amide bonds. The van der Waals surface area contributed by atoms with Crippen molar-refractivity contribution in [2.75, 3.05) is 18.0 Å². The zero-order valence-electron chi connectivity index (χ0n) is 16.9. The summed E-state index contributed by atoms with van der Waals surface area (Å²) in [6.45, 7) is 7.01. The first-order valence-electron chi connectivity index (χ1n) is 9.97. The summed E-state index contributed by atoms with van der Waals surface area (Å²) in [6, 6.07) is 15.8. The van der Waals surface area contributed by atoms with Crippen LogP contribution in [0.4, 0.5) is 5.69 Å². The van der Waals surface area contributed by atoms with Gasteiger partial charge in [-0.05, 0) is 56.9 Å². The Labute approximate surface area is 167 Å². The summed E-state index contributed by atoms with van der Waals surface area (Å²) in [7, 11) is 0. The highest BCUT2D eigenvalue weighted by molar-refractivity contribution is 5.97. The molecule has 1 aliphatic rings. The lowest BCUT2D eigenvalue weighted by Gasteiger charge is -2.32. The first kappa shape index (κ1) is 19.9. The summed E-state index contributed by atoms with van der Waals surface area (Å²) in [5.41, 5.74) is 3.83. The number of fused-ring (bicyclic) bond motifs is 1. The topological polar surface area (TPSA) is 61.4 Å². The lowest BCUT2D eigenvalue weighted by molar-refractivity contribution is -0.120. The van der Waals surface area contributed by atoms with Crippen LogP contribution >= 0.6 is 0 Å². The number of nitrogens with zero attached hydrogens (tertiary/aromatic N) is 1. The minimum atomic E-state index is -0.0455. The third-order valence-electron chi connectivity index (χ3n) is 5.02. The van der Waals surface area contributed by atoms with E-state index in [2.05, 4.69) is 15.5 Å². The second-order valence-electron chi connectivity index (χ2n) is 7.66. The third kappa shape index (κ3) is 4.71. The van der Waals surface area contributed by atoms with Crippen LogP contribution in [0, 0.1) is 0 Å². The molecule has 0 radical (unpaired) electrons. The molecule has 0 saturated heterocycles. The minimum Gasteiger partial charge on any atom is -0.362 e. The van der Waals surface area contributed by atoms with Crippen LogP contribution in [0.15, 0.2) is 48.5 Å². The molecule has 1 aliphatic heterocycles. The molecule has 0 aliphatic carbocycles. The number of anilines is 1. The van der Waals surface area contributed by atoms with E-state index in [1.54, 1.807) is 0 Å². The Kier molecular flexibility index (Phi) is 6.34. The van der Waals surface area contributed by atoms with Crippen LogP contribution in [-0.2, 0) is 11.2 Å². The van der Waals surface area contributed by atoms with Gasteiger partial charge in [0.05, 0.1) is 12.6 Å². The van der Waals surface area contributed by atoms with Crippen molar-refractivity contribution < 1.29 is 9.59 Å². The monoisotopic (exact) mass is 379 g/mol. The first-order valence-corrected chi connectivity index (χ1v) is 9.97. The summed E-state index contributed by atoms with van der Waals surface area (Å²) in [5, 5.41) is 6.05. The maximum absolute atomic E-state index is 12.6. The van der Waals surface area contributed by atoms with Gasteiger partial charge in [0.15, 0.2) is 0 Å². The predicted octanol–water partition coefficient (Wildman–Crippen LogP) is 3.45. The number of hydrogen-bond acceptors (Lipinski definition) is 3. The van der Waals surface area contributed by atoms with Crippen molar-refractivity contribution >= 4 is 17.5 Å². The van der Waals surface area contributed by atoms with Gasteiger partial charge in [-0.15, -0.1) is 0 Å². The molecule has 5 heteroatoms. The molecule has 0 saturated carbocycles. The highest BCUT2D eigenvalue weighted by Gasteiger charge is 2.24. The number of hydrogen-bond donors (Lipinski definition) is 2. The Morgan fingerprint density at radius 1 is 1.00 bits per heavy atom. The molecule has 2 N–H and O–H groups in total. The number of nitrogens with one attached hydrogen (secondary N) is 2. The Balaban J connectivity index is 1.72. The highest BCUT2D eigenvalue weighted by Crippen LogP contribution is 2.30. The van der Waals surface area contributed by atoms with Crippen LogP contribution in [0.1, 0.15) is 54.7 Å². The van der Waals surface area contributed by atoms with Gasteiger partial charge in [-0.2, -0.15) is 0 Å². The van der Waals surface area contributed by atoms with Gasteiger partial charge < -0.3 is 15.5 Å². The highest BCUT2D eigenvalue weighted by atomic mass is 16.2. The molecule has 0 fully saturated rings. The normalized spacial score (nSPS) is 14.4. The maximum atomic E-state index is 12.6. The van der Waals surface area contributed by atoms with Crippen molar-refractivity contribution in [1.82, 2.24) is 10.6 Å². The fraction of sp³-hybridized carbons (Fsp3) is 0.391. The zero-order chi connectivity index (χ0) is 20.1. The molecule has 3 rings (SSSR count). The van der Waals surface area contributed by atoms with E-state index in [-0.39, 0.29) is 23.9 Å². The second-order valence-corrected chi connectivity index (χ2v) is 7.66. The molecule has 1 atom stereocenters. The van der Waals surface area contributed by atoms with E-state index in [1.807, 2.05) is 69.3 Å². The zero-order valence-corrected chi connectivity index (χ0v) is 16.9. The average molecular weight is 380 g/mol. The Hall–Kier alpha value is -2.82. The quantitative estimate of drug-likeness (QED) is 0.808. The van der Waals surface area contributed by atoms with E-state index in [1.165, 1.54) is 0 Å². The second kappa shape index (κ2) is 8.91. The maximum Gasteiger partial charge on any atom is 0.251 e. The van der Waals surface area contributed by atoms with Crippen molar-refractivity contribution in [3.05, 3.63) is 65.2 Å². The minimum absolute atomic E-state index is 0.0127. The Bertz CT molecular complexity index is 833. The molecule has 2 aromatic rings. The summed E-state index contributed by atoms with van der Waals surface area (Å²) in [5.74, 6) is -0.0583. The predicted molar refractivity (Wildman–Crippen MR) is 113 cm³/mol. The standard InChI is InChI=1S/C23H29N3O2/c1-16(2)24-23(28)20-11-7-13-21-19(20)12-8-14-26(21)15-22(27)25-17(3)18-9-5-4-6-10-18/h4-7,9-11,13,16-17H,8,12,14-15H2,1-3H3,(H,24,28)(H,25,27)/t17-/m0/s1. The van der Waals surface area contributed by atoms with Gasteiger partial charge in [-0.25, -0.2) is 0 Å². The van der Waals surface area contributed by atoms with Crippen LogP contribution in [0.3, 0.4) is 0 Å². The van der Waals surface area contributed by atoms with E-state index in [9.17, 15) is 9.59 Å². The van der Waals surface area contributed by atoms with Gasteiger partial charge in [-0.1, -0.05) is 36.4 Å². The van der Waals surface area contributed by atoms with E-state index in [0.29, 0.717) is 12.1 Å². The van der Waals surface area contributed by atoms with Gasteiger partial charge in [-0.3, -0.25) is 9.59 Å². The Morgan fingerprint density at radius 3 is 2.46 bits per heavy atom. The molecule has 5 nitrogen and oxygen atoms in total. The molecule has 28 heavy (non-hydrogen) atoms. The van der Waals surface area contributed by atoms with Gasteiger partial charge in [0.2, 0.25) is 5.91 Å². The van der Waals surface area contributed by atoms with Gasteiger partial charge in [0.25, 0.3) is 5.91 Å². The van der Waals surface area contributed by atoms with Crippen LogP contribution in [0.25, 0.3) is 0 Å². The molecule has 0 spiro atoms. The number of carbonyl (C=O) groups excluding carboxylic acids is 2. The van der Waals surface area contributed by atoms with Crippen molar-refractivity contribution in [2.24, 2.45) is 0 Å². The molecule has 0 unspecified atom stereocenters. The molecular weight excluding hydrogens is 350 g/mol. The number of benzene rings is 2. The largest absolute Gasteiger partial charge is 0.362 e. The Morgan fingerprint density at radius 2 is 1.75 bits per heavy atom. The molecular formula is C23H29N3O2. The van der Waals surface area contributed by atoms with Crippen LogP contribution in [0.5, 0.6) is 0 Å². The van der Waals surface area contributed by atoms with E-state index in [0.717, 1.165) is 36.2 Å². The van der Waals surface area contributed by atoms with Crippen LogP contribution < -0.4 is 15.5 Å². The number of amides is 2. The van der Waals surface area contributed by atoms with E-state index < -0.39 is 0 Å². The summed E-state index contributed by atoms with van der Waals surface area (Å²) in [6.07, 6.45) is 1.79. The van der Waals surface area contributed by atoms with E-state index >= 15 is 0 Å². The molecule has 0 bridgehead atoms. The van der Waals surface area contributed by atoms with Crippen LogP contribution in [-0.4, -0.2) is 30.9 Å². The molecule has 1 heterocycles. The van der Waals surface area contributed by atoms with Gasteiger partial charge in [0, 0.05) is 23.8 Å². The average Bonchev–Trinajstić information content (AvgIpc) is 2.68. The first-order chi connectivity index (χ1) is 13.5. The smallest absolute Gasteiger partial charge is 0.251 e. The summed E-state index contributed by atoms with van der Waals surface area (Å²) in [4.78, 5) is 27.3. The fourth-order valence-corrected chi connectivity index (χ4v) is 3.70. The van der Waals surface area contributed by atoms with Gasteiger partial charge >= 0.3 is 0 Å². The van der Waals surface area contributed by atoms with Crippen molar-refractivity contribution in [3.8, 4) is 0 Å².